The van der Waals surface area contributed by atoms with Crippen molar-refractivity contribution in [2.24, 2.45) is 11.8 Å². The Morgan fingerprint density at radius 2 is 1.77 bits per heavy atom. The standard InChI is InChI=1S/C30H24ClN5O4/c1-15(37)33-17-9-11-18(12-10-17)36-27(38)24-23(13-16-14-32-22-8-3-2-5-19(16)22)35-30(25(24)28(36)39)20-6-4-7-21(31)26(20)34-29(30)40/h2-12,14,23-25,32,35H,13H2,1H3,(H,33,37)(H,34,40)/t23-,24-,25-,30+/m0/s1. The van der Waals surface area contributed by atoms with E-state index in [1.54, 1.807) is 42.5 Å². The van der Waals surface area contributed by atoms with E-state index in [0.29, 0.717) is 34.1 Å². The van der Waals surface area contributed by atoms with Crippen LogP contribution in [0.5, 0.6) is 0 Å². The molecule has 4 N–H and O–H groups in total. The van der Waals surface area contributed by atoms with Gasteiger partial charge in [0.15, 0.2) is 0 Å². The number of carbonyl (C=O) groups is 4. The van der Waals surface area contributed by atoms with Crippen LogP contribution in [0.2, 0.25) is 5.02 Å². The molecule has 0 unspecified atom stereocenters. The van der Waals surface area contributed by atoms with Gasteiger partial charge in [0, 0.05) is 41.3 Å². The van der Waals surface area contributed by atoms with Crippen LogP contribution in [0.4, 0.5) is 17.1 Å². The summed E-state index contributed by atoms with van der Waals surface area (Å²) < 4.78 is 0. The molecule has 4 atom stereocenters. The number of nitrogens with zero attached hydrogens (tertiary/aromatic N) is 1. The summed E-state index contributed by atoms with van der Waals surface area (Å²) >= 11 is 6.46. The van der Waals surface area contributed by atoms with Gasteiger partial charge in [-0.2, -0.15) is 0 Å². The van der Waals surface area contributed by atoms with Gasteiger partial charge in [0.25, 0.3) is 0 Å². The average Bonchev–Trinajstić information content (AvgIpc) is 3.64. The number of halogens is 1. The molecule has 1 aromatic heterocycles. The van der Waals surface area contributed by atoms with Crippen LogP contribution in [0.25, 0.3) is 10.9 Å². The Hall–Kier alpha value is -4.47. The molecule has 3 aliphatic rings. The molecule has 0 saturated carbocycles. The highest BCUT2D eigenvalue weighted by atomic mass is 35.5. The number of para-hydroxylation sites is 2. The van der Waals surface area contributed by atoms with Gasteiger partial charge in [-0.25, -0.2) is 4.90 Å². The minimum atomic E-state index is -1.46. The molecule has 2 fully saturated rings. The Balaban J connectivity index is 1.34. The van der Waals surface area contributed by atoms with E-state index in [-0.39, 0.29) is 11.8 Å². The van der Waals surface area contributed by atoms with Crippen molar-refractivity contribution in [1.82, 2.24) is 10.3 Å². The van der Waals surface area contributed by atoms with Crippen LogP contribution in [0.3, 0.4) is 0 Å². The van der Waals surface area contributed by atoms with Gasteiger partial charge in [-0.3, -0.25) is 24.5 Å². The number of amides is 4. The first-order chi connectivity index (χ1) is 19.3. The number of imide groups is 1. The van der Waals surface area contributed by atoms with Crippen LogP contribution in [-0.4, -0.2) is 34.7 Å². The normalized spacial score (nSPS) is 25.0. The number of aromatic amines is 1. The molecule has 40 heavy (non-hydrogen) atoms. The Morgan fingerprint density at radius 3 is 2.55 bits per heavy atom. The number of hydrogen-bond acceptors (Lipinski definition) is 5. The van der Waals surface area contributed by atoms with E-state index in [1.165, 1.54) is 11.8 Å². The third-order valence-corrected chi connectivity index (χ3v) is 8.57. The maximum atomic E-state index is 14.2. The zero-order valence-electron chi connectivity index (χ0n) is 21.3. The topological polar surface area (TPSA) is 123 Å². The van der Waals surface area contributed by atoms with E-state index >= 15 is 0 Å². The van der Waals surface area contributed by atoms with E-state index in [1.807, 2.05) is 30.5 Å². The van der Waals surface area contributed by atoms with Gasteiger partial charge in [-0.15, -0.1) is 0 Å². The molecule has 2 saturated heterocycles. The van der Waals surface area contributed by atoms with Crippen LogP contribution in [0.1, 0.15) is 18.1 Å². The number of benzene rings is 3. The van der Waals surface area contributed by atoms with Crippen LogP contribution in [0.15, 0.2) is 72.9 Å². The molecule has 1 spiro atoms. The fourth-order valence-corrected chi connectivity index (χ4v) is 6.88. The summed E-state index contributed by atoms with van der Waals surface area (Å²) in [6.07, 6.45) is 2.33. The molecule has 200 valence electrons. The SMILES string of the molecule is CC(=O)Nc1ccc(N2C(=O)[C@H]3[C@H](Cc4c[nH]c5ccccc45)N[C@@]4(C(=O)Nc5c(Cl)cccc54)[C@@H]3C2=O)cc1. The monoisotopic (exact) mass is 553 g/mol. The average molecular weight is 554 g/mol. The van der Waals surface area contributed by atoms with Crippen LogP contribution in [0, 0.1) is 11.8 Å². The second kappa shape index (κ2) is 8.77. The lowest BCUT2D eigenvalue weighted by atomic mass is 9.76. The van der Waals surface area contributed by atoms with Crippen LogP contribution < -0.4 is 20.9 Å². The number of anilines is 3. The first-order valence-electron chi connectivity index (χ1n) is 13.0. The molecule has 10 heteroatoms. The van der Waals surface area contributed by atoms with Crippen molar-refractivity contribution >= 4 is 63.2 Å². The molecule has 0 aliphatic carbocycles. The lowest BCUT2D eigenvalue weighted by Gasteiger charge is -2.29. The van der Waals surface area contributed by atoms with E-state index < -0.39 is 35.2 Å². The number of aromatic nitrogens is 1. The fraction of sp³-hybridized carbons (Fsp3) is 0.200. The minimum absolute atomic E-state index is 0.228. The van der Waals surface area contributed by atoms with Crippen molar-refractivity contribution in [3.63, 3.8) is 0 Å². The Bertz CT molecular complexity index is 1750. The Morgan fingerprint density at radius 1 is 1.00 bits per heavy atom. The number of H-pyrrole nitrogens is 1. The molecular formula is C30H24ClN5O4. The van der Waals surface area contributed by atoms with Crippen molar-refractivity contribution in [1.29, 1.82) is 0 Å². The van der Waals surface area contributed by atoms with Crippen LogP contribution in [-0.2, 0) is 31.1 Å². The second-order valence-electron chi connectivity index (χ2n) is 10.5. The maximum Gasteiger partial charge on any atom is 0.250 e. The molecule has 3 aromatic carbocycles. The van der Waals surface area contributed by atoms with Gasteiger partial charge >= 0.3 is 0 Å². The molecule has 0 radical (unpaired) electrons. The summed E-state index contributed by atoms with van der Waals surface area (Å²) in [5.41, 5.74) is 2.42. The summed E-state index contributed by atoms with van der Waals surface area (Å²) in [4.78, 5) is 58.0. The minimum Gasteiger partial charge on any atom is -0.361 e. The van der Waals surface area contributed by atoms with Gasteiger partial charge in [0.05, 0.1) is 28.2 Å². The third kappa shape index (κ3) is 3.38. The Kier molecular flexibility index (Phi) is 5.39. The number of fused-ring (bicyclic) bond motifs is 5. The van der Waals surface area contributed by atoms with Crippen molar-refractivity contribution < 1.29 is 19.2 Å². The zero-order chi connectivity index (χ0) is 27.8. The number of rotatable bonds is 4. The summed E-state index contributed by atoms with van der Waals surface area (Å²) in [6, 6.07) is 19.1. The summed E-state index contributed by atoms with van der Waals surface area (Å²) in [5, 5.41) is 10.4. The highest BCUT2D eigenvalue weighted by Gasteiger charge is 2.70. The predicted octanol–water partition coefficient (Wildman–Crippen LogP) is 3.95. The quantitative estimate of drug-likeness (QED) is 0.285. The molecule has 3 aliphatic heterocycles. The predicted molar refractivity (Wildman–Crippen MR) is 151 cm³/mol. The van der Waals surface area contributed by atoms with E-state index in [2.05, 4.69) is 20.9 Å². The van der Waals surface area contributed by atoms with Gasteiger partial charge in [-0.1, -0.05) is 41.9 Å². The first-order valence-corrected chi connectivity index (χ1v) is 13.4. The molecule has 4 heterocycles. The Labute approximate surface area is 233 Å². The molecule has 9 nitrogen and oxygen atoms in total. The maximum absolute atomic E-state index is 14.2. The van der Waals surface area contributed by atoms with Gasteiger partial charge in [0.1, 0.15) is 5.54 Å². The van der Waals surface area contributed by atoms with E-state index in [4.69, 9.17) is 11.6 Å². The molecule has 7 rings (SSSR count). The van der Waals surface area contributed by atoms with Crippen molar-refractivity contribution in [3.8, 4) is 0 Å². The molecular weight excluding hydrogens is 530 g/mol. The highest BCUT2D eigenvalue weighted by molar-refractivity contribution is 6.35. The van der Waals surface area contributed by atoms with Gasteiger partial charge < -0.3 is 15.6 Å². The van der Waals surface area contributed by atoms with E-state index in [0.717, 1.165) is 16.5 Å². The van der Waals surface area contributed by atoms with Gasteiger partial charge in [-0.05, 0) is 48.4 Å². The number of carbonyl (C=O) groups excluding carboxylic acids is 4. The molecule has 4 aromatic rings. The third-order valence-electron chi connectivity index (χ3n) is 8.26. The first kappa shape index (κ1) is 24.6. The largest absolute Gasteiger partial charge is 0.361 e. The highest BCUT2D eigenvalue weighted by Crippen LogP contribution is 2.55. The fourth-order valence-electron chi connectivity index (χ4n) is 6.66. The zero-order valence-corrected chi connectivity index (χ0v) is 22.1. The smallest absolute Gasteiger partial charge is 0.250 e. The van der Waals surface area contributed by atoms with Crippen molar-refractivity contribution in [2.75, 3.05) is 15.5 Å². The summed E-state index contributed by atoms with van der Waals surface area (Å²) in [5.74, 6) is -3.25. The van der Waals surface area contributed by atoms with Crippen molar-refractivity contribution in [2.45, 2.75) is 24.9 Å². The summed E-state index contributed by atoms with van der Waals surface area (Å²) in [6.45, 7) is 1.40. The van der Waals surface area contributed by atoms with Crippen LogP contribution >= 0.6 is 11.6 Å². The van der Waals surface area contributed by atoms with Gasteiger partial charge in [0.2, 0.25) is 23.6 Å². The lowest BCUT2D eigenvalue weighted by molar-refractivity contribution is -0.130. The number of nitrogens with one attached hydrogen (secondary N) is 4. The lowest BCUT2D eigenvalue weighted by Crippen LogP contribution is -2.53. The van der Waals surface area contributed by atoms with E-state index in [9.17, 15) is 19.2 Å². The molecule has 4 amide bonds. The summed E-state index contributed by atoms with van der Waals surface area (Å²) in [7, 11) is 0. The molecule has 0 bridgehead atoms. The van der Waals surface area contributed by atoms with Crippen molar-refractivity contribution in [3.05, 3.63) is 89.1 Å². The second-order valence-corrected chi connectivity index (χ2v) is 10.9. The number of hydrogen-bond donors (Lipinski definition) is 4.